The Kier molecular flexibility index (Phi) is 5.24. The first-order valence-electron chi connectivity index (χ1n) is 11.1. The quantitative estimate of drug-likeness (QED) is 0.434. The highest BCUT2D eigenvalue weighted by molar-refractivity contribution is 6.02. The Bertz CT molecular complexity index is 1650. The zero-order chi connectivity index (χ0) is 24.0. The molecule has 170 valence electrons. The largest absolute Gasteiger partial charge is 0.319 e. The highest BCUT2D eigenvalue weighted by Gasteiger charge is 2.20. The van der Waals surface area contributed by atoms with Crippen molar-refractivity contribution in [2.45, 2.75) is 34.2 Å². The molecule has 5 rings (SSSR count). The van der Waals surface area contributed by atoms with Gasteiger partial charge in [-0.05, 0) is 79.8 Å². The molecular formula is C27H25N5O2. The molecule has 0 spiro atoms. The topological polar surface area (TPSA) is 81.3 Å². The number of aromatic nitrogens is 4. The molecule has 0 bridgehead atoms. The van der Waals surface area contributed by atoms with E-state index in [1.807, 2.05) is 88.4 Å². The van der Waals surface area contributed by atoms with E-state index in [9.17, 15) is 9.59 Å². The summed E-state index contributed by atoms with van der Waals surface area (Å²) in [6.45, 7) is 8.41. The maximum atomic E-state index is 13.6. The van der Waals surface area contributed by atoms with Crippen molar-refractivity contribution in [3.8, 4) is 0 Å². The number of carbonyl (C=O) groups excluding carboxylic acids is 1. The van der Waals surface area contributed by atoms with Crippen molar-refractivity contribution in [3.63, 3.8) is 0 Å². The van der Waals surface area contributed by atoms with Crippen molar-refractivity contribution in [2.75, 3.05) is 5.32 Å². The smallest absolute Gasteiger partial charge is 0.296 e. The van der Waals surface area contributed by atoms with E-state index in [4.69, 9.17) is 0 Å². The molecule has 34 heavy (non-hydrogen) atoms. The second kappa shape index (κ2) is 8.26. The van der Waals surface area contributed by atoms with Gasteiger partial charge in [0.2, 0.25) is 11.5 Å². The molecule has 2 aromatic heterocycles. The van der Waals surface area contributed by atoms with Gasteiger partial charge in [-0.3, -0.25) is 14.2 Å². The molecule has 0 saturated carbocycles. The van der Waals surface area contributed by atoms with Gasteiger partial charge in [0.1, 0.15) is 0 Å². The van der Waals surface area contributed by atoms with Crippen LogP contribution in [0, 0.1) is 27.7 Å². The van der Waals surface area contributed by atoms with E-state index in [2.05, 4.69) is 15.4 Å². The summed E-state index contributed by atoms with van der Waals surface area (Å²) in [5, 5.41) is 7.25. The molecule has 0 aliphatic rings. The Balaban J connectivity index is 1.64. The zero-order valence-electron chi connectivity index (χ0n) is 19.6. The number of anilines is 1. The van der Waals surface area contributed by atoms with Gasteiger partial charge in [-0.2, -0.15) is 4.98 Å². The lowest BCUT2D eigenvalue weighted by Crippen LogP contribution is -2.24. The third kappa shape index (κ3) is 3.75. The van der Waals surface area contributed by atoms with Crippen LogP contribution in [0.5, 0.6) is 0 Å². The molecule has 3 aromatic carbocycles. The molecule has 0 atom stereocenters. The molecule has 7 heteroatoms. The van der Waals surface area contributed by atoms with Crippen LogP contribution >= 0.6 is 0 Å². The van der Waals surface area contributed by atoms with Crippen LogP contribution in [-0.2, 0) is 6.54 Å². The third-order valence-electron chi connectivity index (χ3n) is 6.25. The first-order valence-corrected chi connectivity index (χ1v) is 11.1. The minimum Gasteiger partial charge on any atom is -0.319 e. The van der Waals surface area contributed by atoms with Gasteiger partial charge in [0.05, 0.1) is 17.6 Å². The van der Waals surface area contributed by atoms with Crippen molar-refractivity contribution >= 4 is 28.3 Å². The maximum absolute atomic E-state index is 13.6. The summed E-state index contributed by atoms with van der Waals surface area (Å²) in [4.78, 5) is 30.8. The summed E-state index contributed by atoms with van der Waals surface area (Å²) in [6, 6.07) is 19.5. The van der Waals surface area contributed by atoms with Crippen LogP contribution in [0.25, 0.3) is 16.7 Å². The van der Waals surface area contributed by atoms with Gasteiger partial charge in [-0.25, -0.2) is 4.52 Å². The van der Waals surface area contributed by atoms with Gasteiger partial charge in [0, 0.05) is 5.69 Å². The lowest BCUT2D eigenvalue weighted by molar-refractivity contribution is 0.101. The molecule has 5 aromatic rings. The van der Waals surface area contributed by atoms with Crippen LogP contribution in [-0.4, -0.2) is 25.1 Å². The summed E-state index contributed by atoms with van der Waals surface area (Å²) < 4.78 is 3.18. The number of nitrogens with zero attached hydrogens (tertiary/aromatic N) is 4. The Labute approximate surface area is 196 Å². The average molecular weight is 452 g/mol. The average Bonchev–Trinajstić information content (AvgIpc) is 3.26. The van der Waals surface area contributed by atoms with E-state index >= 15 is 0 Å². The van der Waals surface area contributed by atoms with E-state index in [0.29, 0.717) is 17.7 Å². The number of carbonyl (C=O) groups is 1. The van der Waals surface area contributed by atoms with Gasteiger partial charge in [0.15, 0.2) is 0 Å². The van der Waals surface area contributed by atoms with Crippen LogP contribution in [0.15, 0.2) is 65.5 Å². The van der Waals surface area contributed by atoms with E-state index < -0.39 is 5.91 Å². The van der Waals surface area contributed by atoms with Crippen LogP contribution in [0.3, 0.4) is 0 Å². The van der Waals surface area contributed by atoms with Crippen molar-refractivity contribution in [2.24, 2.45) is 0 Å². The van der Waals surface area contributed by atoms with E-state index in [1.54, 1.807) is 4.57 Å². The summed E-state index contributed by atoms with van der Waals surface area (Å²) in [6.07, 6.45) is 0. The van der Waals surface area contributed by atoms with E-state index in [0.717, 1.165) is 33.3 Å². The molecule has 0 fully saturated rings. The van der Waals surface area contributed by atoms with Crippen LogP contribution < -0.4 is 10.9 Å². The summed E-state index contributed by atoms with van der Waals surface area (Å²) in [5.41, 5.74) is 7.32. The number of hydrogen-bond donors (Lipinski definition) is 1. The van der Waals surface area contributed by atoms with E-state index in [-0.39, 0.29) is 17.0 Å². The van der Waals surface area contributed by atoms with Crippen LogP contribution in [0.1, 0.15) is 38.4 Å². The Morgan fingerprint density at radius 3 is 2.44 bits per heavy atom. The zero-order valence-corrected chi connectivity index (χ0v) is 19.6. The fourth-order valence-corrected chi connectivity index (χ4v) is 4.09. The predicted octanol–water partition coefficient (Wildman–Crippen LogP) is 4.58. The molecule has 0 unspecified atom stereocenters. The molecule has 0 aliphatic heterocycles. The lowest BCUT2D eigenvalue weighted by Gasteiger charge is -2.13. The van der Waals surface area contributed by atoms with Crippen molar-refractivity contribution in [3.05, 3.63) is 105 Å². The van der Waals surface area contributed by atoms with Crippen molar-refractivity contribution in [1.82, 2.24) is 19.2 Å². The van der Waals surface area contributed by atoms with Crippen molar-refractivity contribution in [1.29, 1.82) is 0 Å². The molecule has 2 heterocycles. The van der Waals surface area contributed by atoms with E-state index in [1.165, 1.54) is 4.52 Å². The fourth-order valence-electron chi connectivity index (χ4n) is 4.09. The summed E-state index contributed by atoms with van der Waals surface area (Å²) in [7, 11) is 0. The first kappa shape index (κ1) is 21.6. The highest BCUT2D eigenvalue weighted by Crippen LogP contribution is 2.19. The number of rotatable bonds is 4. The number of benzene rings is 3. The van der Waals surface area contributed by atoms with Crippen LogP contribution in [0.4, 0.5) is 5.69 Å². The minimum atomic E-state index is -0.461. The molecule has 1 amide bonds. The molecule has 7 nitrogen and oxygen atoms in total. The molecule has 0 radical (unpaired) electrons. The standard InChI is InChI=1S/C27H25N5O2/c1-16-9-12-22-23(13-16)31(15-20-8-6-5-7-18(20)3)27(34)25-29-24(30-32(22)25)26(33)28-21-11-10-17(2)19(4)14-21/h5-14H,15H2,1-4H3,(H,28,33). The van der Waals surface area contributed by atoms with Crippen molar-refractivity contribution < 1.29 is 4.79 Å². The molecule has 0 aliphatic carbocycles. The summed E-state index contributed by atoms with van der Waals surface area (Å²) >= 11 is 0. The predicted molar refractivity (Wildman–Crippen MR) is 134 cm³/mol. The van der Waals surface area contributed by atoms with Gasteiger partial charge >= 0.3 is 0 Å². The molecule has 1 N–H and O–H groups in total. The Morgan fingerprint density at radius 1 is 0.882 bits per heavy atom. The number of amides is 1. The Morgan fingerprint density at radius 2 is 1.68 bits per heavy atom. The number of aryl methyl sites for hydroxylation is 4. The van der Waals surface area contributed by atoms with Gasteiger partial charge < -0.3 is 5.32 Å². The number of fused-ring (bicyclic) bond motifs is 3. The first-order chi connectivity index (χ1) is 16.3. The Hall–Kier alpha value is -4.26. The molecular weight excluding hydrogens is 426 g/mol. The lowest BCUT2D eigenvalue weighted by atomic mass is 10.1. The number of hydrogen-bond acceptors (Lipinski definition) is 4. The van der Waals surface area contributed by atoms with Gasteiger partial charge in [-0.1, -0.05) is 36.4 Å². The normalized spacial score (nSPS) is 11.3. The second-order valence-corrected chi connectivity index (χ2v) is 8.73. The third-order valence-corrected chi connectivity index (χ3v) is 6.25. The minimum absolute atomic E-state index is 0.0501. The van der Waals surface area contributed by atoms with Crippen LogP contribution in [0.2, 0.25) is 0 Å². The highest BCUT2D eigenvalue weighted by atomic mass is 16.2. The monoisotopic (exact) mass is 451 g/mol. The fraction of sp³-hybridized carbons (Fsp3) is 0.185. The van der Waals surface area contributed by atoms with Gasteiger partial charge in [-0.15, -0.1) is 5.10 Å². The number of nitrogens with one attached hydrogen (secondary N) is 1. The van der Waals surface area contributed by atoms with Gasteiger partial charge in [0.25, 0.3) is 11.5 Å². The summed E-state index contributed by atoms with van der Waals surface area (Å²) in [5.74, 6) is -0.511. The maximum Gasteiger partial charge on any atom is 0.296 e. The molecule has 0 saturated heterocycles. The SMILES string of the molecule is Cc1ccc2c(c1)n(Cc1ccccc1C)c(=O)c1nc(C(=O)Nc3ccc(C)c(C)c3)nn12. The second-order valence-electron chi connectivity index (χ2n) is 8.73.